The van der Waals surface area contributed by atoms with Gasteiger partial charge in [-0.2, -0.15) is 0 Å². The van der Waals surface area contributed by atoms with Gasteiger partial charge in [0.15, 0.2) is 8.32 Å². The van der Waals surface area contributed by atoms with Crippen LogP contribution in [-0.2, 0) is 18.7 Å². The SMILES string of the molecule is CC(C)(C)OC(=O)[C@@H]1C[C@@](O[Si](C)(C)C)(C(Cl)(Cl)Cl)CN1C(=O)OC(C)(C)C. The van der Waals surface area contributed by atoms with Crippen molar-refractivity contribution in [2.24, 2.45) is 0 Å². The Labute approximate surface area is 184 Å². The molecule has 0 aromatic heterocycles. The van der Waals surface area contributed by atoms with Crippen LogP contribution in [-0.4, -0.2) is 58.5 Å². The zero-order valence-electron chi connectivity index (χ0n) is 18.1. The van der Waals surface area contributed by atoms with Gasteiger partial charge in [0.05, 0.1) is 6.54 Å². The van der Waals surface area contributed by atoms with Crippen LogP contribution in [0.2, 0.25) is 19.6 Å². The first-order valence-electron chi connectivity index (χ1n) is 9.15. The second-order valence-corrected chi connectivity index (χ2v) is 16.8. The third kappa shape index (κ3) is 7.24. The van der Waals surface area contributed by atoms with E-state index in [0.29, 0.717) is 0 Å². The molecule has 1 rings (SSSR count). The highest BCUT2D eigenvalue weighted by atomic mass is 35.6. The number of hydrogen-bond acceptors (Lipinski definition) is 5. The highest BCUT2D eigenvalue weighted by Crippen LogP contribution is 2.50. The molecule has 0 bridgehead atoms. The Hall–Kier alpha value is -0.213. The number of rotatable bonds is 3. The van der Waals surface area contributed by atoms with Crippen LogP contribution < -0.4 is 0 Å². The van der Waals surface area contributed by atoms with Crippen LogP contribution in [0.25, 0.3) is 0 Å². The minimum absolute atomic E-state index is 0.00191. The molecule has 1 amide bonds. The molecule has 0 aromatic rings. The molecule has 0 saturated carbocycles. The summed E-state index contributed by atoms with van der Waals surface area (Å²) in [6.45, 7) is 16.2. The van der Waals surface area contributed by atoms with Gasteiger partial charge in [0, 0.05) is 6.42 Å². The molecule has 0 aliphatic carbocycles. The van der Waals surface area contributed by atoms with Gasteiger partial charge in [0.25, 0.3) is 0 Å². The van der Waals surface area contributed by atoms with Gasteiger partial charge in [-0.25, -0.2) is 9.59 Å². The number of carbonyl (C=O) groups excluding carboxylic acids is 2. The van der Waals surface area contributed by atoms with Crippen molar-refractivity contribution in [1.29, 1.82) is 0 Å². The Morgan fingerprint density at radius 1 is 0.964 bits per heavy atom. The van der Waals surface area contributed by atoms with E-state index in [2.05, 4.69) is 0 Å². The number of nitrogens with zero attached hydrogens (tertiary/aromatic N) is 1. The molecule has 0 unspecified atom stereocenters. The van der Waals surface area contributed by atoms with Crippen molar-refractivity contribution in [1.82, 2.24) is 4.90 Å². The lowest BCUT2D eigenvalue weighted by molar-refractivity contribution is -0.160. The number of likely N-dealkylation sites (tertiary alicyclic amines) is 1. The van der Waals surface area contributed by atoms with Gasteiger partial charge >= 0.3 is 12.1 Å². The molecule has 0 aromatic carbocycles. The molecular formula is C18H32Cl3NO5Si. The summed E-state index contributed by atoms with van der Waals surface area (Å²) >= 11 is 18.9. The smallest absolute Gasteiger partial charge is 0.411 e. The van der Waals surface area contributed by atoms with Crippen molar-refractivity contribution in [3.8, 4) is 0 Å². The van der Waals surface area contributed by atoms with E-state index in [-0.39, 0.29) is 13.0 Å². The molecule has 2 atom stereocenters. The summed E-state index contributed by atoms with van der Waals surface area (Å²) in [4.78, 5) is 27.0. The summed E-state index contributed by atoms with van der Waals surface area (Å²) in [6, 6.07) is -0.985. The molecule has 1 aliphatic rings. The predicted octanol–water partition coefficient (Wildman–Crippen LogP) is 5.30. The van der Waals surface area contributed by atoms with Crippen molar-refractivity contribution >= 4 is 55.2 Å². The molecule has 0 radical (unpaired) electrons. The number of alkyl halides is 3. The third-order valence-corrected chi connectivity index (χ3v) is 5.69. The summed E-state index contributed by atoms with van der Waals surface area (Å²) in [5.74, 6) is -0.589. The fraction of sp³-hybridized carbons (Fsp3) is 0.889. The monoisotopic (exact) mass is 475 g/mol. The molecule has 0 spiro atoms. The topological polar surface area (TPSA) is 65.1 Å². The van der Waals surface area contributed by atoms with Crippen molar-refractivity contribution < 1.29 is 23.5 Å². The van der Waals surface area contributed by atoms with E-state index < -0.39 is 47.0 Å². The Morgan fingerprint density at radius 2 is 1.43 bits per heavy atom. The quantitative estimate of drug-likeness (QED) is 0.314. The number of esters is 1. The maximum Gasteiger partial charge on any atom is 0.411 e. The van der Waals surface area contributed by atoms with Crippen LogP contribution in [0.3, 0.4) is 0 Å². The zero-order chi connectivity index (χ0) is 22.3. The van der Waals surface area contributed by atoms with Crippen molar-refractivity contribution in [3.05, 3.63) is 0 Å². The molecule has 0 N–H and O–H groups in total. The number of halogens is 3. The van der Waals surface area contributed by atoms with E-state index in [1.54, 1.807) is 41.5 Å². The Morgan fingerprint density at radius 3 is 1.79 bits per heavy atom. The Kier molecular flexibility index (Phi) is 7.50. The summed E-state index contributed by atoms with van der Waals surface area (Å²) in [7, 11) is -2.21. The van der Waals surface area contributed by atoms with Crippen LogP contribution >= 0.6 is 34.8 Å². The molecule has 10 heteroatoms. The second kappa shape index (κ2) is 8.14. The average Bonchev–Trinajstić information content (AvgIpc) is 2.73. The number of amides is 1. The van der Waals surface area contributed by atoms with Gasteiger partial charge in [0.1, 0.15) is 22.8 Å². The van der Waals surface area contributed by atoms with E-state index >= 15 is 0 Å². The van der Waals surface area contributed by atoms with Gasteiger partial charge < -0.3 is 13.9 Å². The number of ether oxygens (including phenoxy) is 2. The van der Waals surface area contributed by atoms with E-state index in [1.807, 2.05) is 19.6 Å². The minimum Gasteiger partial charge on any atom is -0.458 e. The first-order valence-corrected chi connectivity index (χ1v) is 13.7. The molecule has 1 fully saturated rings. The van der Waals surface area contributed by atoms with E-state index in [4.69, 9.17) is 48.7 Å². The summed E-state index contributed by atoms with van der Waals surface area (Å²) in [6.07, 6.45) is -0.680. The van der Waals surface area contributed by atoms with Gasteiger partial charge in [-0.05, 0) is 61.2 Å². The maximum atomic E-state index is 12.9. The van der Waals surface area contributed by atoms with Crippen molar-refractivity contribution in [3.63, 3.8) is 0 Å². The van der Waals surface area contributed by atoms with Crippen LogP contribution in [0.15, 0.2) is 0 Å². The van der Waals surface area contributed by atoms with Gasteiger partial charge in [-0.15, -0.1) is 0 Å². The average molecular weight is 477 g/mol. The molecule has 1 aliphatic heterocycles. The lowest BCUT2D eigenvalue weighted by Gasteiger charge is -2.40. The van der Waals surface area contributed by atoms with Crippen LogP contribution in [0.1, 0.15) is 48.0 Å². The molecule has 6 nitrogen and oxygen atoms in total. The summed E-state index contributed by atoms with van der Waals surface area (Å²) in [5.41, 5.74) is -2.83. The van der Waals surface area contributed by atoms with Crippen molar-refractivity contribution in [2.45, 2.75) is 94.2 Å². The van der Waals surface area contributed by atoms with Crippen LogP contribution in [0.4, 0.5) is 4.79 Å². The Bertz CT molecular complexity index is 566. The van der Waals surface area contributed by atoms with Gasteiger partial charge in [-0.3, -0.25) is 4.90 Å². The van der Waals surface area contributed by atoms with Crippen LogP contribution in [0, 0.1) is 0 Å². The molecule has 1 saturated heterocycles. The van der Waals surface area contributed by atoms with E-state index in [9.17, 15) is 9.59 Å². The number of carbonyl (C=O) groups is 2. The van der Waals surface area contributed by atoms with E-state index in [0.717, 1.165) is 0 Å². The first kappa shape index (κ1) is 25.8. The third-order valence-electron chi connectivity index (χ3n) is 3.65. The predicted molar refractivity (Wildman–Crippen MR) is 115 cm³/mol. The number of hydrogen-bond donors (Lipinski definition) is 0. The molecule has 28 heavy (non-hydrogen) atoms. The Balaban J connectivity index is 3.35. The first-order chi connectivity index (χ1) is 12.2. The van der Waals surface area contributed by atoms with Gasteiger partial charge in [-0.1, -0.05) is 34.8 Å². The lowest BCUT2D eigenvalue weighted by atomic mass is 10.0. The molecule has 164 valence electrons. The summed E-state index contributed by atoms with van der Waals surface area (Å²) < 4.78 is 15.4. The molecule has 1 heterocycles. The maximum absolute atomic E-state index is 12.9. The van der Waals surface area contributed by atoms with E-state index in [1.165, 1.54) is 4.90 Å². The standard InChI is InChI=1S/C18H32Cl3NO5Si/c1-15(2,3)25-13(23)12-10-17(18(19,20)21,27-28(7,8)9)11-22(12)14(24)26-16(4,5)6/h12H,10-11H2,1-9H3/t12-,17-/m0/s1. The fourth-order valence-corrected chi connectivity index (χ4v) is 5.08. The zero-order valence-corrected chi connectivity index (χ0v) is 21.4. The highest BCUT2D eigenvalue weighted by Gasteiger charge is 2.61. The fourth-order valence-electron chi connectivity index (χ4n) is 2.89. The minimum atomic E-state index is -2.21. The van der Waals surface area contributed by atoms with Crippen LogP contribution in [0.5, 0.6) is 0 Å². The lowest BCUT2D eigenvalue weighted by Crippen LogP contribution is -2.54. The van der Waals surface area contributed by atoms with Crippen molar-refractivity contribution in [2.75, 3.05) is 6.54 Å². The molecular weight excluding hydrogens is 445 g/mol. The second-order valence-electron chi connectivity index (χ2n) is 10.1. The van der Waals surface area contributed by atoms with Gasteiger partial charge in [0.2, 0.25) is 3.79 Å². The highest BCUT2D eigenvalue weighted by molar-refractivity contribution is 6.71. The summed E-state index contributed by atoms with van der Waals surface area (Å²) in [5, 5.41) is 0. The normalized spacial score (nSPS) is 24.3. The largest absolute Gasteiger partial charge is 0.458 e.